The van der Waals surface area contributed by atoms with Crippen molar-refractivity contribution in [2.24, 2.45) is 5.92 Å². The number of carbonyl (C=O) groups is 3. The number of hydrogen-bond donors (Lipinski definition) is 1. The maximum Gasteiger partial charge on any atom is 0.258 e. The maximum absolute atomic E-state index is 14.0. The summed E-state index contributed by atoms with van der Waals surface area (Å²) < 4.78 is 0. The number of rotatable bonds is 12. The number of carbonyl (C=O) groups excluding carboxylic acids is 3. The highest BCUT2D eigenvalue weighted by Gasteiger charge is 2.32. The fraction of sp³-hybridized carbons (Fsp3) is 0.306. The first kappa shape index (κ1) is 29.1. The minimum atomic E-state index is -0.661. The van der Waals surface area contributed by atoms with Crippen molar-refractivity contribution in [3.8, 4) is 0 Å². The Bertz CT molecular complexity index is 1580. The summed E-state index contributed by atoms with van der Waals surface area (Å²) in [4.78, 5) is 44.5. The van der Waals surface area contributed by atoms with Crippen LogP contribution in [-0.2, 0) is 22.6 Å². The molecule has 0 unspecified atom stereocenters. The van der Waals surface area contributed by atoms with Crippen molar-refractivity contribution in [2.75, 3.05) is 18.0 Å². The van der Waals surface area contributed by atoms with Crippen molar-refractivity contribution in [3.05, 3.63) is 113 Å². The molecular formula is C36H39N3O3. The van der Waals surface area contributed by atoms with Gasteiger partial charge in [0.2, 0.25) is 11.8 Å². The molecule has 1 atom stereocenters. The molecule has 1 aliphatic heterocycles. The minimum Gasteiger partial charge on any atom is -0.354 e. The quantitative estimate of drug-likeness (QED) is 0.221. The summed E-state index contributed by atoms with van der Waals surface area (Å²) in [6, 6.07) is 29.0. The molecule has 6 heteroatoms. The molecule has 1 heterocycles. The highest BCUT2D eigenvalue weighted by Crippen LogP contribution is 2.37. The number of anilines is 1. The fourth-order valence-corrected chi connectivity index (χ4v) is 5.72. The molecule has 4 aromatic rings. The summed E-state index contributed by atoms with van der Waals surface area (Å²) in [7, 11) is 0. The van der Waals surface area contributed by atoms with Crippen LogP contribution in [0, 0.1) is 12.8 Å². The van der Waals surface area contributed by atoms with Crippen LogP contribution in [0.25, 0.3) is 10.8 Å². The molecule has 3 amide bonds. The van der Waals surface area contributed by atoms with Gasteiger partial charge in [-0.15, -0.1) is 0 Å². The predicted octanol–water partition coefficient (Wildman–Crippen LogP) is 6.30. The Morgan fingerprint density at radius 2 is 1.60 bits per heavy atom. The van der Waals surface area contributed by atoms with E-state index in [1.165, 1.54) is 0 Å². The minimum absolute atomic E-state index is 0.0270. The molecule has 1 aliphatic rings. The van der Waals surface area contributed by atoms with E-state index in [1.54, 1.807) is 9.80 Å². The summed E-state index contributed by atoms with van der Waals surface area (Å²) in [6.07, 6.45) is 1.14. The van der Waals surface area contributed by atoms with Gasteiger partial charge in [-0.05, 0) is 47.9 Å². The first-order valence-corrected chi connectivity index (χ1v) is 14.8. The van der Waals surface area contributed by atoms with Gasteiger partial charge in [-0.3, -0.25) is 14.4 Å². The molecule has 6 nitrogen and oxygen atoms in total. The average Bonchev–Trinajstić information content (AvgIpc) is 3.26. The van der Waals surface area contributed by atoms with Crippen molar-refractivity contribution in [1.29, 1.82) is 0 Å². The SMILES string of the molecule is Cc1cccc(CN(C(=O)CCCN2C(=O)c3cccc4cccc2c34)[C@@H](Cc2ccccc2)C(=O)NCC(C)C)c1. The van der Waals surface area contributed by atoms with Gasteiger partial charge in [0.15, 0.2) is 0 Å². The summed E-state index contributed by atoms with van der Waals surface area (Å²) in [5, 5.41) is 5.09. The molecule has 0 bridgehead atoms. The Kier molecular flexibility index (Phi) is 9.01. The van der Waals surface area contributed by atoms with Crippen LogP contribution in [0.3, 0.4) is 0 Å². The first-order valence-electron chi connectivity index (χ1n) is 14.8. The van der Waals surface area contributed by atoms with Gasteiger partial charge in [-0.2, -0.15) is 0 Å². The average molecular weight is 562 g/mol. The van der Waals surface area contributed by atoms with E-state index < -0.39 is 6.04 Å². The Morgan fingerprint density at radius 1 is 0.881 bits per heavy atom. The zero-order chi connectivity index (χ0) is 29.6. The van der Waals surface area contributed by atoms with E-state index >= 15 is 0 Å². The van der Waals surface area contributed by atoms with Crippen LogP contribution < -0.4 is 10.2 Å². The molecule has 4 aromatic carbocycles. The number of hydrogen-bond acceptors (Lipinski definition) is 3. The van der Waals surface area contributed by atoms with Crippen LogP contribution in [0.1, 0.15) is 53.7 Å². The van der Waals surface area contributed by atoms with Crippen LogP contribution in [0.2, 0.25) is 0 Å². The van der Waals surface area contributed by atoms with Crippen LogP contribution in [0.5, 0.6) is 0 Å². The van der Waals surface area contributed by atoms with Gasteiger partial charge in [0.25, 0.3) is 5.91 Å². The van der Waals surface area contributed by atoms with Gasteiger partial charge in [0, 0.05) is 43.4 Å². The third kappa shape index (κ3) is 6.54. The molecule has 0 aromatic heterocycles. The summed E-state index contributed by atoms with van der Waals surface area (Å²) in [5.74, 6) is 0.0182. The van der Waals surface area contributed by atoms with Gasteiger partial charge in [0.1, 0.15) is 6.04 Å². The number of nitrogens with one attached hydrogen (secondary N) is 1. The zero-order valence-electron chi connectivity index (χ0n) is 24.7. The van der Waals surface area contributed by atoms with Crippen molar-refractivity contribution in [3.63, 3.8) is 0 Å². The van der Waals surface area contributed by atoms with Crippen LogP contribution in [0.15, 0.2) is 91.0 Å². The van der Waals surface area contributed by atoms with E-state index in [9.17, 15) is 14.4 Å². The standard InChI is InChI=1S/C36H39N3O3/c1-25(2)23-37-35(41)32(22-27-12-5-4-6-13-27)39(24-28-14-7-11-26(3)21-28)33(40)19-10-20-38-31-18-9-16-29-15-8-17-30(34(29)31)36(38)42/h4-9,11-18,21,25,32H,10,19-20,22-24H2,1-3H3,(H,37,41)/t32-/m0/s1. The molecule has 216 valence electrons. The predicted molar refractivity (Wildman–Crippen MR) is 168 cm³/mol. The number of amides is 3. The van der Waals surface area contributed by atoms with Crippen LogP contribution in [0.4, 0.5) is 5.69 Å². The molecule has 0 aliphatic carbocycles. The lowest BCUT2D eigenvalue weighted by Gasteiger charge is -2.32. The lowest BCUT2D eigenvalue weighted by molar-refractivity contribution is -0.141. The van der Waals surface area contributed by atoms with Crippen LogP contribution >= 0.6 is 0 Å². The topological polar surface area (TPSA) is 69.7 Å². The lowest BCUT2D eigenvalue weighted by Crippen LogP contribution is -2.51. The van der Waals surface area contributed by atoms with Gasteiger partial charge in [0.05, 0.1) is 5.69 Å². The Hall–Kier alpha value is -4.45. The fourth-order valence-electron chi connectivity index (χ4n) is 5.72. The van der Waals surface area contributed by atoms with Crippen LogP contribution in [-0.4, -0.2) is 41.8 Å². The second-order valence-corrected chi connectivity index (χ2v) is 11.6. The first-order chi connectivity index (χ1) is 20.3. The number of aryl methyl sites for hydroxylation is 1. The Labute approximate surface area is 248 Å². The van der Waals surface area contributed by atoms with Gasteiger partial charge >= 0.3 is 0 Å². The molecule has 42 heavy (non-hydrogen) atoms. The van der Waals surface area contributed by atoms with Crippen molar-refractivity contribution < 1.29 is 14.4 Å². The van der Waals surface area contributed by atoms with E-state index in [2.05, 4.69) is 25.2 Å². The highest BCUT2D eigenvalue weighted by atomic mass is 16.2. The third-order valence-electron chi connectivity index (χ3n) is 7.81. The normalized spacial score (nSPS) is 13.0. The Morgan fingerprint density at radius 3 is 2.33 bits per heavy atom. The van der Waals surface area contributed by atoms with Gasteiger partial charge in [-0.1, -0.05) is 98.3 Å². The molecule has 1 N–H and O–H groups in total. The second-order valence-electron chi connectivity index (χ2n) is 11.6. The molecular weight excluding hydrogens is 522 g/mol. The highest BCUT2D eigenvalue weighted by molar-refractivity contribution is 6.25. The van der Waals surface area contributed by atoms with Gasteiger partial charge in [-0.25, -0.2) is 0 Å². The van der Waals surface area contributed by atoms with Crippen molar-refractivity contribution in [1.82, 2.24) is 10.2 Å². The summed E-state index contributed by atoms with van der Waals surface area (Å²) >= 11 is 0. The lowest BCUT2D eigenvalue weighted by atomic mass is 10.0. The molecule has 0 fully saturated rings. The zero-order valence-corrected chi connectivity index (χ0v) is 24.7. The van der Waals surface area contributed by atoms with Crippen molar-refractivity contribution >= 4 is 34.2 Å². The summed E-state index contributed by atoms with van der Waals surface area (Å²) in [5.41, 5.74) is 4.69. The third-order valence-corrected chi connectivity index (χ3v) is 7.81. The van der Waals surface area contributed by atoms with Crippen molar-refractivity contribution in [2.45, 2.75) is 52.6 Å². The van der Waals surface area contributed by atoms with E-state index in [4.69, 9.17) is 0 Å². The van der Waals surface area contributed by atoms with E-state index in [-0.39, 0.29) is 24.1 Å². The number of nitrogens with zero attached hydrogens (tertiary/aromatic N) is 2. The summed E-state index contributed by atoms with van der Waals surface area (Å²) in [6.45, 7) is 7.44. The van der Waals surface area contributed by atoms with Gasteiger partial charge < -0.3 is 15.1 Å². The Balaban J connectivity index is 1.37. The van der Waals surface area contributed by atoms with E-state index in [0.29, 0.717) is 44.0 Å². The van der Waals surface area contributed by atoms with E-state index in [0.717, 1.165) is 33.2 Å². The molecule has 0 radical (unpaired) electrons. The maximum atomic E-state index is 14.0. The van der Waals surface area contributed by atoms with E-state index in [1.807, 2.05) is 91.9 Å². The molecule has 0 spiro atoms. The monoisotopic (exact) mass is 561 g/mol. The molecule has 0 saturated heterocycles. The number of benzene rings is 4. The molecule has 0 saturated carbocycles. The largest absolute Gasteiger partial charge is 0.354 e. The second kappa shape index (κ2) is 13.0. The smallest absolute Gasteiger partial charge is 0.258 e. The molecule has 5 rings (SSSR count).